The molecule has 8 heteroatoms. The molecule has 1 saturated heterocycles. The van der Waals surface area contributed by atoms with Gasteiger partial charge in [0.1, 0.15) is 11.5 Å². The summed E-state index contributed by atoms with van der Waals surface area (Å²) in [5.74, 6) is 0.914. The fraction of sp³-hybridized carbons (Fsp3) is 0.333. The SMILES string of the molecule is COc1cc(OC)c(NC(=O)c2cnn(-c3cccc(C)c3)c2C2CCNCC2)cc1Cl. The summed E-state index contributed by atoms with van der Waals surface area (Å²) in [4.78, 5) is 13.4. The molecule has 1 amide bonds. The summed E-state index contributed by atoms with van der Waals surface area (Å²) in [5.41, 5.74) is 4.03. The number of aryl methyl sites for hydroxylation is 1. The quantitative estimate of drug-likeness (QED) is 0.570. The first-order valence-corrected chi connectivity index (χ1v) is 11.0. The first-order chi connectivity index (χ1) is 15.5. The number of carbonyl (C=O) groups is 1. The average molecular weight is 455 g/mol. The summed E-state index contributed by atoms with van der Waals surface area (Å²) in [6.45, 7) is 3.86. The molecule has 1 aliphatic rings. The first-order valence-electron chi connectivity index (χ1n) is 10.6. The first kappa shape index (κ1) is 22.2. The van der Waals surface area contributed by atoms with E-state index in [2.05, 4.69) is 21.8 Å². The third-order valence-electron chi connectivity index (χ3n) is 5.75. The summed E-state index contributed by atoms with van der Waals surface area (Å²) >= 11 is 6.28. The van der Waals surface area contributed by atoms with E-state index >= 15 is 0 Å². The molecule has 0 spiro atoms. The predicted molar refractivity (Wildman–Crippen MR) is 126 cm³/mol. The number of halogens is 1. The van der Waals surface area contributed by atoms with Crippen molar-refractivity contribution in [2.75, 3.05) is 32.6 Å². The van der Waals surface area contributed by atoms with E-state index in [1.165, 1.54) is 14.2 Å². The number of ether oxygens (including phenoxy) is 2. The monoisotopic (exact) mass is 454 g/mol. The molecule has 0 aliphatic carbocycles. The maximum Gasteiger partial charge on any atom is 0.259 e. The average Bonchev–Trinajstić information content (AvgIpc) is 3.25. The number of methoxy groups -OCH3 is 2. The van der Waals surface area contributed by atoms with Crippen molar-refractivity contribution >= 4 is 23.2 Å². The number of rotatable bonds is 6. The van der Waals surface area contributed by atoms with Gasteiger partial charge >= 0.3 is 0 Å². The minimum atomic E-state index is -0.253. The maximum atomic E-state index is 13.4. The molecule has 168 valence electrons. The van der Waals surface area contributed by atoms with Gasteiger partial charge in [0.05, 0.1) is 48.1 Å². The lowest BCUT2D eigenvalue weighted by Gasteiger charge is -2.25. The van der Waals surface area contributed by atoms with Crippen LogP contribution in [0.3, 0.4) is 0 Å². The van der Waals surface area contributed by atoms with Gasteiger partial charge < -0.3 is 20.1 Å². The Morgan fingerprint density at radius 2 is 1.91 bits per heavy atom. The van der Waals surface area contributed by atoms with Gasteiger partial charge in [-0.05, 0) is 56.6 Å². The van der Waals surface area contributed by atoms with Crippen molar-refractivity contribution < 1.29 is 14.3 Å². The fourth-order valence-corrected chi connectivity index (χ4v) is 4.37. The summed E-state index contributed by atoms with van der Waals surface area (Å²) < 4.78 is 12.6. The molecule has 3 aromatic rings. The Kier molecular flexibility index (Phi) is 6.67. The second-order valence-corrected chi connectivity index (χ2v) is 8.27. The number of anilines is 1. The standard InChI is InChI=1S/C24H27ClN4O3/c1-15-5-4-6-17(11-15)29-23(16-7-9-26-10-8-16)18(14-27-29)24(30)28-20-12-19(25)21(31-2)13-22(20)32-3/h4-6,11-14,16,26H,7-10H2,1-3H3,(H,28,30). The van der Waals surface area contributed by atoms with Crippen LogP contribution in [0.5, 0.6) is 11.5 Å². The Morgan fingerprint density at radius 1 is 1.16 bits per heavy atom. The number of hydrogen-bond acceptors (Lipinski definition) is 5. The zero-order valence-corrected chi connectivity index (χ0v) is 19.2. The van der Waals surface area contributed by atoms with Crippen molar-refractivity contribution in [1.29, 1.82) is 0 Å². The van der Waals surface area contributed by atoms with Crippen LogP contribution in [-0.2, 0) is 0 Å². The Labute approximate surface area is 192 Å². The van der Waals surface area contributed by atoms with Gasteiger partial charge in [-0.25, -0.2) is 4.68 Å². The van der Waals surface area contributed by atoms with Crippen LogP contribution >= 0.6 is 11.6 Å². The molecular formula is C24H27ClN4O3. The molecule has 0 unspecified atom stereocenters. The van der Waals surface area contributed by atoms with E-state index in [4.69, 9.17) is 21.1 Å². The van der Waals surface area contributed by atoms with E-state index in [9.17, 15) is 4.79 Å². The summed E-state index contributed by atoms with van der Waals surface area (Å²) in [6.07, 6.45) is 3.53. The highest BCUT2D eigenvalue weighted by Gasteiger charge is 2.27. The zero-order valence-electron chi connectivity index (χ0n) is 18.4. The Morgan fingerprint density at radius 3 is 2.59 bits per heavy atom. The lowest BCUT2D eigenvalue weighted by Crippen LogP contribution is -2.29. The number of piperidine rings is 1. The van der Waals surface area contributed by atoms with E-state index in [0.717, 1.165) is 42.9 Å². The van der Waals surface area contributed by atoms with Crippen molar-refractivity contribution in [1.82, 2.24) is 15.1 Å². The Balaban J connectivity index is 1.73. The fourth-order valence-electron chi connectivity index (χ4n) is 4.13. The van der Waals surface area contributed by atoms with Crippen molar-refractivity contribution in [3.05, 3.63) is 64.4 Å². The molecule has 1 aliphatic heterocycles. The van der Waals surface area contributed by atoms with Gasteiger partial charge in [-0.1, -0.05) is 23.7 Å². The normalized spacial score (nSPS) is 14.2. The third-order valence-corrected chi connectivity index (χ3v) is 6.04. The number of hydrogen-bond donors (Lipinski definition) is 2. The van der Waals surface area contributed by atoms with Crippen molar-refractivity contribution in [2.45, 2.75) is 25.7 Å². The zero-order chi connectivity index (χ0) is 22.7. The number of nitrogens with zero attached hydrogens (tertiary/aromatic N) is 2. The van der Waals surface area contributed by atoms with Gasteiger partial charge in [-0.2, -0.15) is 5.10 Å². The van der Waals surface area contributed by atoms with Crippen LogP contribution in [0.2, 0.25) is 5.02 Å². The number of amides is 1. The largest absolute Gasteiger partial charge is 0.495 e. The second kappa shape index (κ2) is 9.63. The van der Waals surface area contributed by atoms with Gasteiger partial charge in [-0.15, -0.1) is 0 Å². The third kappa shape index (κ3) is 4.45. The number of aromatic nitrogens is 2. The maximum absolute atomic E-state index is 13.4. The highest BCUT2D eigenvalue weighted by molar-refractivity contribution is 6.32. The molecule has 4 rings (SSSR count). The van der Waals surface area contributed by atoms with Gasteiger partial charge in [-0.3, -0.25) is 4.79 Å². The summed E-state index contributed by atoms with van der Waals surface area (Å²) in [5, 5.41) is 11.3. The summed E-state index contributed by atoms with van der Waals surface area (Å²) in [6, 6.07) is 11.4. The van der Waals surface area contributed by atoms with E-state index in [1.54, 1.807) is 18.3 Å². The van der Waals surface area contributed by atoms with Crippen LogP contribution in [-0.4, -0.2) is 43.0 Å². The molecule has 2 aromatic carbocycles. The van der Waals surface area contributed by atoms with Crippen LogP contribution in [0, 0.1) is 6.92 Å². The minimum Gasteiger partial charge on any atom is -0.495 e. The number of nitrogens with one attached hydrogen (secondary N) is 2. The van der Waals surface area contributed by atoms with Crippen LogP contribution < -0.4 is 20.1 Å². The molecule has 2 heterocycles. The van der Waals surface area contributed by atoms with E-state index in [0.29, 0.717) is 27.8 Å². The van der Waals surface area contributed by atoms with Crippen LogP contribution in [0.1, 0.15) is 40.4 Å². The molecule has 1 aromatic heterocycles. The highest BCUT2D eigenvalue weighted by Crippen LogP contribution is 2.37. The lowest BCUT2D eigenvalue weighted by molar-refractivity contribution is 0.102. The molecule has 7 nitrogen and oxygen atoms in total. The smallest absolute Gasteiger partial charge is 0.259 e. The molecule has 0 saturated carbocycles. The van der Waals surface area contributed by atoms with E-state index in [-0.39, 0.29) is 11.8 Å². The lowest BCUT2D eigenvalue weighted by atomic mass is 9.91. The molecule has 0 bridgehead atoms. The van der Waals surface area contributed by atoms with Crippen molar-refractivity contribution in [2.24, 2.45) is 0 Å². The second-order valence-electron chi connectivity index (χ2n) is 7.86. The summed E-state index contributed by atoms with van der Waals surface area (Å²) in [7, 11) is 3.07. The molecule has 32 heavy (non-hydrogen) atoms. The molecule has 0 atom stereocenters. The highest BCUT2D eigenvalue weighted by atomic mass is 35.5. The molecular weight excluding hydrogens is 428 g/mol. The Bertz CT molecular complexity index is 1120. The van der Waals surface area contributed by atoms with Crippen LogP contribution in [0.15, 0.2) is 42.6 Å². The Hall–Kier alpha value is -3.03. The van der Waals surface area contributed by atoms with Gasteiger partial charge in [0.25, 0.3) is 5.91 Å². The molecule has 0 radical (unpaired) electrons. The molecule has 1 fully saturated rings. The number of carbonyl (C=O) groups excluding carboxylic acids is 1. The van der Waals surface area contributed by atoms with E-state index in [1.807, 2.05) is 29.8 Å². The van der Waals surface area contributed by atoms with Crippen LogP contribution in [0.4, 0.5) is 5.69 Å². The van der Waals surface area contributed by atoms with Gasteiger partial charge in [0.15, 0.2) is 0 Å². The van der Waals surface area contributed by atoms with Gasteiger partial charge in [0.2, 0.25) is 0 Å². The number of benzene rings is 2. The minimum absolute atomic E-state index is 0.223. The predicted octanol–water partition coefficient (Wildman–Crippen LogP) is 4.57. The van der Waals surface area contributed by atoms with Crippen molar-refractivity contribution in [3.8, 4) is 17.2 Å². The topological polar surface area (TPSA) is 77.4 Å². The van der Waals surface area contributed by atoms with Crippen molar-refractivity contribution in [3.63, 3.8) is 0 Å². The van der Waals surface area contributed by atoms with E-state index < -0.39 is 0 Å². The van der Waals surface area contributed by atoms with Gasteiger partial charge in [0, 0.05) is 12.0 Å². The van der Waals surface area contributed by atoms with Crippen LogP contribution in [0.25, 0.3) is 5.69 Å². The molecule has 2 N–H and O–H groups in total.